The Hall–Kier alpha value is -3.39. The normalized spacial score (nSPS) is 19.9. The first-order valence-electron chi connectivity index (χ1n) is 9.70. The van der Waals surface area contributed by atoms with Crippen molar-refractivity contribution in [3.8, 4) is 11.5 Å². The van der Waals surface area contributed by atoms with E-state index in [4.69, 9.17) is 0 Å². The number of carboxylic acid groups (broad SMARTS) is 1. The number of hydrogen-bond donors (Lipinski definition) is 4. The standard InChI is InChI=1S/C21H22N6O2/c1-11-9-27(10-12(2)22-11)14-4-6-17-18(8-14)24-20(23-17)19-15-7-13(21(28)29)3-5-16(15)25-26-19/h3-8,11-12,22H,9-10H2,1-2H3,(H,23,24)(H,25,26)(H,28,29)/t11-,12+. The van der Waals surface area contributed by atoms with Crippen molar-refractivity contribution in [2.75, 3.05) is 18.0 Å². The van der Waals surface area contributed by atoms with Gasteiger partial charge in [-0.15, -0.1) is 0 Å². The number of hydrogen-bond acceptors (Lipinski definition) is 5. The molecule has 0 amide bonds. The lowest BCUT2D eigenvalue weighted by molar-refractivity contribution is 0.0697. The Kier molecular flexibility index (Phi) is 4.02. The maximum atomic E-state index is 11.3. The first kappa shape index (κ1) is 17.7. The van der Waals surface area contributed by atoms with E-state index in [-0.39, 0.29) is 5.56 Å². The summed E-state index contributed by atoms with van der Waals surface area (Å²) in [5, 5.41) is 20.9. The summed E-state index contributed by atoms with van der Waals surface area (Å²) in [5.41, 5.74) is 4.56. The second-order valence-electron chi connectivity index (χ2n) is 7.80. The molecule has 4 aromatic rings. The maximum Gasteiger partial charge on any atom is 0.335 e. The van der Waals surface area contributed by atoms with Gasteiger partial charge < -0.3 is 20.3 Å². The number of aromatic amines is 2. The molecule has 1 fully saturated rings. The van der Waals surface area contributed by atoms with Gasteiger partial charge in [0.05, 0.1) is 22.1 Å². The van der Waals surface area contributed by atoms with Gasteiger partial charge in [0.2, 0.25) is 0 Å². The molecule has 2 aromatic carbocycles. The first-order valence-corrected chi connectivity index (χ1v) is 9.70. The summed E-state index contributed by atoms with van der Waals surface area (Å²) in [6, 6.07) is 12.0. The van der Waals surface area contributed by atoms with Crippen molar-refractivity contribution >= 4 is 33.6 Å². The average Bonchev–Trinajstić information content (AvgIpc) is 3.29. The second kappa shape index (κ2) is 6.59. The van der Waals surface area contributed by atoms with Gasteiger partial charge in [-0.25, -0.2) is 9.78 Å². The number of carboxylic acids is 1. The molecule has 8 heteroatoms. The van der Waals surface area contributed by atoms with Crippen LogP contribution in [-0.2, 0) is 0 Å². The molecule has 0 unspecified atom stereocenters. The largest absolute Gasteiger partial charge is 0.478 e. The summed E-state index contributed by atoms with van der Waals surface area (Å²) in [6.45, 7) is 6.31. The Morgan fingerprint density at radius 3 is 2.66 bits per heavy atom. The monoisotopic (exact) mass is 390 g/mol. The third-order valence-electron chi connectivity index (χ3n) is 5.42. The Bertz CT molecular complexity index is 1220. The van der Waals surface area contributed by atoms with E-state index in [1.165, 1.54) is 0 Å². The van der Waals surface area contributed by atoms with Gasteiger partial charge >= 0.3 is 5.97 Å². The minimum absolute atomic E-state index is 0.223. The van der Waals surface area contributed by atoms with E-state index in [0.29, 0.717) is 23.6 Å². The van der Waals surface area contributed by atoms with Crippen molar-refractivity contribution in [2.24, 2.45) is 0 Å². The van der Waals surface area contributed by atoms with Gasteiger partial charge in [0.25, 0.3) is 0 Å². The van der Waals surface area contributed by atoms with Crippen LogP contribution in [0.5, 0.6) is 0 Å². The van der Waals surface area contributed by atoms with Crippen LogP contribution >= 0.6 is 0 Å². The predicted octanol–water partition coefficient (Wildman–Crippen LogP) is 2.99. The zero-order valence-electron chi connectivity index (χ0n) is 16.2. The molecule has 1 aliphatic heterocycles. The average molecular weight is 390 g/mol. The Morgan fingerprint density at radius 2 is 1.90 bits per heavy atom. The number of nitrogens with zero attached hydrogens (tertiary/aromatic N) is 3. The maximum absolute atomic E-state index is 11.3. The lowest BCUT2D eigenvalue weighted by Gasteiger charge is -2.37. The summed E-state index contributed by atoms with van der Waals surface area (Å²) < 4.78 is 0. The van der Waals surface area contributed by atoms with Gasteiger partial charge in [0, 0.05) is 36.2 Å². The van der Waals surface area contributed by atoms with E-state index < -0.39 is 5.97 Å². The highest BCUT2D eigenvalue weighted by Gasteiger charge is 2.22. The molecule has 0 spiro atoms. The number of H-pyrrole nitrogens is 2. The lowest BCUT2D eigenvalue weighted by Crippen LogP contribution is -2.54. The second-order valence-corrected chi connectivity index (χ2v) is 7.80. The molecule has 3 heterocycles. The molecule has 2 aromatic heterocycles. The highest BCUT2D eigenvalue weighted by molar-refractivity contribution is 5.98. The van der Waals surface area contributed by atoms with Crippen LogP contribution in [0.25, 0.3) is 33.5 Å². The topological polar surface area (TPSA) is 110 Å². The van der Waals surface area contributed by atoms with Crippen molar-refractivity contribution in [1.82, 2.24) is 25.5 Å². The molecule has 1 saturated heterocycles. The fourth-order valence-electron chi connectivity index (χ4n) is 4.17. The fraction of sp³-hybridized carbons (Fsp3) is 0.286. The van der Waals surface area contributed by atoms with Gasteiger partial charge in [-0.2, -0.15) is 5.10 Å². The molecule has 148 valence electrons. The predicted molar refractivity (Wildman–Crippen MR) is 112 cm³/mol. The Morgan fingerprint density at radius 1 is 1.10 bits per heavy atom. The van der Waals surface area contributed by atoms with Crippen LogP contribution < -0.4 is 10.2 Å². The third-order valence-corrected chi connectivity index (χ3v) is 5.42. The van der Waals surface area contributed by atoms with Crippen molar-refractivity contribution in [1.29, 1.82) is 0 Å². The number of aromatic nitrogens is 4. The minimum Gasteiger partial charge on any atom is -0.478 e. The molecule has 0 saturated carbocycles. The van der Waals surface area contributed by atoms with Crippen LogP contribution in [0, 0.1) is 0 Å². The van der Waals surface area contributed by atoms with Crippen LogP contribution in [0.15, 0.2) is 36.4 Å². The third kappa shape index (κ3) is 3.11. The quantitative estimate of drug-likeness (QED) is 0.428. The van der Waals surface area contributed by atoms with E-state index in [9.17, 15) is 9.90 Å². The highest BCUT2D eigenvalue weighted by Crippen LogP contribution is 2.29. The summed E-state index contributed by atoms with van der Waals surface area (Å²) >= 11 is 0. The smallest absolute Gasteiger partial charge is 0.335 e. The van der Waals surface area contributed by atoms with Crippen LogP contribution in [0.1, 0.15) is 24.2 Å². The SMILES string of the molecule is C[C@@H]1CN(c2ccc3nc(-c4n[nH]c5ccc(C(=O)O)cc45)[nH]c3c2)C[C@H](C)N1. The van der Waals surface area contributed by atoms with Gasteiger partial charge in [-0.1, -0.05) is 0 Å². The van der Waals surface area contributed by atoms with E-state index >= 15 is 0 Å². The number of rotatable bonds is 3. The number of aromatic carboxylic acids is 1. The molecule has 29 heavy (non-hydrogen) atoms. The molecule has 0 aliphatic carbocycles. The Labute approximate surface area is 166 Å². The summed E-state index contributed by atoms with van der Waals surface area (Å²) in [5.74, 6) is -0.347. The van der Waals surface area contributed by atoms with E-state index in [1.54, 1.807) is 18.2 Å². The minimum atomic E-state index is -0.965. The number of piperazine rings is 1. The Balaban J connectivity index is 1.54. The molecule has 4 N–H and O–H groups in total. The molecule has 8 nitrogen and oxygen atoms in total. The van der Waals surface area contributed by atoms with Crippen molar-refractivity contribution in [3.05, 3.63) is 42.0 Å². The van der Waals surface area contributed by atoms with Crippen molar-refractivity contribution in [2.45, 2.75) is 25.9 Å². The van der Waals surface area contributed by atoms with E-state index in [1.807, 2.05) is 6.07 Å². The number of benzene rings is 2. The number of carbonyl (C=O) groups is 1. The number of imidazole rings is 1. The molecule has 1 aliphatic rings. The molecular weight excluding hydrogens is 368 g/mol. The van der Waals surface area contributed by atoms with E-state index in [0.717, 1.165) is 40.7 Å². The molecular formula is C21H22N6O2. The van der Waals surface area contributed by atoms with Gasteiger partial charge in [-0.3, -0.25) is 5.10 Å². The lowest BCUT2D eigenvalue weighted by atomic mass is 10.1. The summed E-state index contributed by atoms with van der Waals surface area (Å²) in [6.07, 6.45) is 0. The molecule has 5 rings (SSSR count). The van der Waals surface area contributed by atoms with Gasteiger partial charge in [0.1, 0.15) is 5.69 Å². The highest BCUT2D eigenvalue weighted by atomic mass is 16.4. The van der Waals surface area contributed by atoms with Gasteiger partial charge in [0.15, 0.2) is 5.82 Å². The number of anilines is 1. The van der Waals surface area contributed by atoms with Crippen LogP contribution in [0.2, 0.25) is 0 Å². The molecule has 0 radical (unpaired) electrons. The van der Waals surface area contributed by atoms with Crippen molar-refractivity contribution < 1.29 is 9.90 Å². The fourth-order valence-corrected chi connectivity index (χ4v) is 4.17. The first-order chi connectivity index (χ1) is 14.0. The van der Waals surface area contributed by atoms with Crippen LogP contribution in [0.3, 0.4) is 0 Å². The number of fused-ring (bicyclic) bond motifs is 2. The summed E-state index contributed by atoms with van der Waals surface area (Å²) in [4.78, 5) is 21.7. The molecule has 2 atom stereocenters. The van der Waals surface area contributed by atoms with Crippen LogP contribution in [0.4, 0.5) is 5.69 Å². The van der Waals surface area contributed by atoms with E-state index in [2.05, 4.69) is 56.4 Å². The van der Waals surface area contributed by atoms with Gasteiger partial charge in [-0.05, 0) is 50.2 Å². The summed E-state index contributed by atoms with van der Waals surface area (Å²) in [7, 11) is 0. The number of nitrogens with one attached hydrogen (secondary N) is 3. The van der Waals surface area contributed by atoms with Crippen LogP contribution in [-0.4, -0.2) is 56.4 Å². The zero-order valence-corrected chi connectivity index (χ0v) is 16.2. The zero-order chi connectivity index (χ0) is 20.1. The van der Waals surface area contributed by atoms with Crippen molar-refractivity contribution in [3.63, 3.8) is 0 Å². The molecule has 0 bridgehead atoms.